The molecule has 3 aromatic rings. The van der Waals surface area contributed by atoms with E-state index < -0.39 is 5.92 Å². The largest absolute Gasteiger partial charge is 0.348 e. The van der Waals surface area contributed by atoms with Crippen LogP contribution < -0.4 is 15.5 Å². The SMILES string of the molecule is O=C(NCc1ccccc1)c1ccccc1NC(=O)[C@@H]1CC(=O)N(c2ccccc2Cl)C1. The predicted octanol–water partition coefficient (Wildman–Crippen LogP) is 4.26. The van der Waals surface area contributed by atoms with Crippen molar-refractivity contribution in [2.75, 3.05) is 16.8 Å². The van der Waals surface area contributed by atoms with Crippen LogP contribution in [0.4, 0.5) is 11.4 Å². The molecule has 3 aromatic carbocycles. The molecule has 4 rings (SSSR count). The Bertz CT molecular complexity index is 1150. The quantitative estimate of drug-likeness (QED) is 0.592. The molecular weight excluding hydrogens is 426 g/mol. The summed E-state index contributed by atoms with van der Waals surface area (Å²) in [7, 11) is 0. The number of anilines is 2. The minimum absolute atomic E-state index is 0.0828. The van der Waals surface area contributed by atoms with Crippen molar-refractivity contribution < 1.29 is 14.4 Å². The average molecular weight is 448 g/mol. The van der Waals surface area contributed by atoms with E-state index in [9.17, 15) is 14.4 Å². The lowest BCUT2D eigenvalue weighted by molar-refractivity contribution is -0.122. The number of carbonyl (C=O) groups excluding carboxylic acids is 3. The van der Waals surface area contributed by atoms with Gasteiger partial charge in [-0.2, -0.15) is 0 Å². The Hall–Kier alpha value is -3.64. The van der Waals surface area contributed by atoms with Crippen LogP contribution >= 0.6 is 11.6 Å². The molecule has 3 amide bonds. The summed E-state index contributed by atoms with van der Waals surface area (Å²) in [5.41, 5.74) is 2.34. The Labute approximate surface area is 191 Å². The van der Waals surface area contributed by atoms with Crippen molar-refractivity contribution in [1.29, 1.82) is 0 Å². The molecule has 0 radical (unpaired) electrons. The fourth-order valence-corrected chi connectivity index (χ4v) is 3.92. The van der Waals surface area contributed by atoms with Crippen LogP contribution in [-0.4, -0.2) is 24.3 Å². The topological polar surface area (TPSA) is 78.5 Å². The molecule has 0 aromatic heterocycles. The fourth-order valence-electron chi connectivity index (χ4n) is 3.69. The lowest BCUT2D eigenvalue weighted by Gasteiger charge is -2.18. The number of rotatable bonds is 6. The maximum atomic E-state index is 12.9. The van der Waals surface area contributed by atoms with Gasteiger partial charge in [-0.05, 0) is 29.8 Å². The molecule has 1 aliphatic heterocycles. The number of nitrogens with zero attached hydrogens (tertiary/aromatic N) is 1. The van der Waals surface area contributed by atoms with Crippen LogP contribution in [0.1, 0.15) is 22.3 Å². The standard InChI is InChI=1S/C25H22ClN3O3/c26-20-11-5-7-13-22(20)29-16-18(14-23(29)30)24(31)28-21-12-6-4-10-19(21)25(32)27-15-17-8-2-1-3-9-17/h1-13,18H,14-16H2,(H,27,32)(H,28,31)/t18-/m1/s1. The van der Waals surface area contributed by atoms with Gasteiger partial charge in [0.1, 0.15) is 0 Å². The van der Waals surface area contributed by atoms with Crippen molar-refractivity contribution in [1.82, 2.24) is 5.32 Å². The zero-order valence-electron chi connectivity index (χ0n) is 17.3. The molecule has 0 aliphatic carbocycles. The van der Waals surface area contributed by atoms with Gasteiger partial charge >= 0.3 is 0 Å². The normalized spacial score (nSPS) is 15.5. The summed E-state index contributed by atoms with van der Waals surface area (Å²) in [5, 5.41) is 6.16. The second kappa shape index (κ2) is 9.66. The van der Waals surface area contributed by atoms with Crippen molar-refractivity contribution in [2.24, 2.45) is 5.92 Å². The third-order valence-electron chi connectivity index (χ3n) is 5.36. The Morgan fingerprint density at radius 1 is 0.938 bits per heavy atom. The average Bonchev–Trinajstić information content (AvgIpc) is 3.20. The second-order valence-electron chi connectivity index (χ2n) is 7.56. The highest BCUT2D eigenvalue weighted by atomic mass is 35.5. The van der Waals surface area contributed by atoms with Crippen LogP contribution in [0.3, 0.4) is 0 Å². The number of nitrogens with one attached hydrogen (secondary N) is 2. The van der Waals surface area contributed by atoms with Crippen LogP contribution in [0.25, 0.3) is 0 Å². The number of halogens is 1. The Kier molecular flexibility index (Phi) is 6.52. The molecule has 32 heavy (non-hydrogen) atoms. The van der Waals surface area contributed by atoms with Gasteiger partial charge in [0.25, 0.3) is 5.91 Å². The van der Waals surface area contributed by atoms with E-state index in [1.165, 1.54) is 4.90 Å². The van der Waals surface area contributed by atoms with Crippen LogP contribution in [0.2, 0.25) is 5.02 Å². The minimum atomic E-state index is -0.542. The van der Waals surface area contributed by atoms with Gasteiger partial charge < -0.3 is 15.5 Å². The summed E-state index contributed by atoms with van der Waals surface area (Å²) in [6.07, 6.45) is 0.0828. The number of carbonyl (C=O) groups is 3. The van der Waals surface area contributed by atoms with E-state index in [4.69, 9.17) is 11.6 Å². The van der Waals surface area contributed by atoms with Gasteiger partial charge in [0, 0.05) is 19.5 Å². The first-order chi connectivity index (χ1) is 15.5. The van der Waals surface area contributed by atoms with E-state index in [1.807, 2.05) is 30.3 Å². The molecule has 0 spiro atoms. The summed E-state index contributed by atoms with van der Waals surface area (Å²) in [4.78, 5) is 39.7. The van der Waals surface area contributed by atoms with Gasteiger partial charge in [0.05, 0.1) is 27.9 Å². The summed E-state index contributed by atoms with van der Waals surface area (Å²) in [6, 6.07) is 23.5. The molecule has 7 heteroatoms. The third kappa shape index (κ3) is 4.81. The molecule has 0 saturated carbocycles. The maximum absolute atomic E-state index is 12.9. The van der Waals surface area contributed by atoms with Gasteiger partial charge in [0.2, 0.25) is 11.8 Å². The van der Waals surface area contributed by atoms with Crippen LogP contribution in [-0.2, 0) is 16.1 Å². The molecule has 1 saturated heterocycles. The number of para-hydroxylation sites is 2. The molecule has 1 fully saturated rings. The van der Waals surface area contributed by atoms with Crippen LogP contribution in [0, 0.1) is 5.92 Å². The zero-order valence-corrected chi connectivity index (χ0v) is 18.0. The Morgan fingerprint density at radius 3 is 2.41 bits per heavy atom. The number of hydrogen-bond acceptors (Lipinski definition) is 3. The van der Waals surface area contributed by atoms with E-state index >= 15 is 0 Å². The zero-order chi connectivity index (χ0) is 22.5. The first kappa shape index (κ1) is 21.6. The monoisotopic (exact) mass is 447 g/mol. The first-order valence-electron chi connectivity index (χ1n) is 10.3. The van der Waals surface area contributed by atoms with Crippen LogP contribution in [0.15, 0.2) is 78.9 Å². The van der Waals surface area contributed by atoms with Gasteiger partial charge in [-0.25, -0.2) is 0 Å². The van der Waals surface area contributed by atoms with Crippen molar-refractivity contribution in [3.63, 3.8) is 0 Å². The Morgan fingerprint density at radius 2 is 1.62 bits per heavy atom. The Balaban J connectivity index is 1.43. The summed E-state index contributed by atoms with van der Waals surface area (Å²) in [6.45, 7) is 0.614. The highest BCUT2D eigenvalue weighted by Gasteiger charge is 2.36. The smallest absolute Gasteiger partial charge is 0.253 e. The molecule has 0 unspecified atom stereocenters. The van der Waals surface area contributed by atoms with E-state index in [1.54, 1.807) is 48.5 Å². The van der Waals surface area contributed by atoms with Gasteiger partial charge in [0.15, 0.2) is 0 Å². The molecule has 1 aliphatic rings. The molecule has 162 valence electrons. The van der Waals surface area contributed by atoms with Gasteiger partial charge in [-0.1, -0.05) is 66.2 Å². The first-order valence-corrected chi connectivity index (χ1v) is 10.7. The lowest BCUT2D eigenvalue weighted by Crippen LogP contribution is -2.29. The fraction of sp³-hybridized carbons (Fsp3) is 0.160. The second-order valence-corrected chi connectivity index (χ2v) is 7.97. The molecule has 2 N–H and O–H groups in total. The van der Waals surface area contributed by atoms with Gasteiger partial charge in [-0.3, -0.25) is 14.4 Å². The van der Waals surface area contributed by atoms with E-state index in [2.05, 4.69) is 10.6 Å². The minimum Gasteiger partial charge on any atom is -0.348 e. The highest BCUT2D eigenvalue weighted by molar-refractivity contribution is 6.34. The molecule has 6 nitrogen and oxygen atoms in total. The summed E-state index contributed by atoms with van der Waals surface area (Å²) >= 11 is 6.22. The molecular formula is C25H22ClN3O3. The molecule has 0 bridgehead atoms. The lowest BCUT2D eigenvalue weighted by atomic mass is 10.1. The number of amides is 3. The van der Waals surface area contributed by atoms with E-state index in [0.717, 1.165) is 5.56 Å². The van der Waals surface area contributed by atoms with E-state index in [0.29, 0.717) is 28.5 Å². The number of benzene rings is 3. The number of hydrogen-bond donors (Lipinski definition) is 2. The molecule has 1 heterocycles. The molecule has 1 atom stereocenters. The summed E-state index contributed by atoms with van der Waals surface area (Å²) in [5.74, 6) is -1.30. The van der Waals surface area contributed by atoms with Crippen molar-refractivity contribution in [3.05, 3.63) is 95.0 Å². The van der Waals surface area contributed by atoms with Crippen molar-refractivity contribution >= 4 is 40.7 Å². The highest BCUT2D eigenvalue weighted by Crippen LogP contribution is 2.31. The van der Waals surface area contributed by atoms with Crippen LogP contribution in [0.5, 0.6) is 0 Å². The third-order valence-corrected chi connectivity index (χ3v) is 5.68. The maximum Gasteiger partial charge on any atom is 0.253 e. The van der Waals surface area contributed by atoms with Crippen molar-refractivity contribution in [3.8, 4) is 0 Å². The van der Waals surface area contributed by atoms with Gasteiger partial charge in [-0.15, -0.1) is 0 Å². The predicted molar refractivity (Wildman–Crippen MR) is 125 cm³/mol. The van der Waals surface area contributed by atoms with Crippen molar-refractivity contribution in [2.45, 2.75) is 13.0 Å². The summed E-state index contributed by atoms with van der Waals surface area (Å²) < 4.78 is 0. The van der Waals surface area contributed by atoms with E-state index in [-0.39, 0.29) is 30.7 Å².